The molecule has 110 valence electrons. The molecular formula is C11H10ClF3N2O3. The Balaban J connectivity index is 1.97. The van der Waals surface area contributed by atoms with Crippen molar-refractivity contribution < 1.29 is 27.8 Å². The lowest BCUT2D eigenvalue weighted by molar-refractivity contribution is -0.137. The summed E-state index contributed by atoms with van der Waals surface area (Å²) in [5, 5.41) is 10.1. The predicted octanol–water partition coefficient (Wildman–Crippen LogP) is 2.93. The van der Waals surface area contributed by atoms with Crippen molar-refractivity contribution in [2.24, 2.45) is 0 Å². The summed E-state index contributed by atoms with van der Waals surface area (Å²) in [6, 6.07) is 0.549. The molecule has 1 aliphatic rings. The van der Waals surface area contributed by atoms with Gasteiger partial charge in [-0.2, -0.15) is 13.2 Å². The van der Waals surface area contributed by atoms with Crippen LogP contribution in [0.4, 0.5) is 18.0 Å². The molecule has 0 aliphatic heterocycles. The number of nitrogens with zero attached hydrogens (tertiary/aromatic N) is 1. The van der Waals surface area contributed by atoms with Crippen LogP contribution in [-0.4, -0.2) is 28.3 Å². The number of ether oxygens (including phenoxy) is 1. The zero-order chi connectivity index (χ0) is 14.9. The van der Waals surface area contributed by atoms with Gasteiger partial charge in [-0.15, -0.1) is 0 Å². The van der Waals surface area contributed by atoms with Gasteiger partial charge in [0.25, 0.3) is 0 Å². The van der Waals surface area contributed by atoms with Crippen molar-refractivity contribution in [2.45, 2.75) is 31.2 Å². The van der Waals surface area contributed by atoms with E-state index in [1.165, 1.54) is 0 Å². The summed E-state index contributed by atoms with van der Waals surface area (Å²) in [5.74, 6) is -0.0412. The van der Waals surface area contributed by atoms with Gasteiger partial charge in [0.05, 0.1) is 11.8 Å². The summed E-state index contributed by atoms with van der Waals surface area (Å²) in [6.07, 6.45) is -4.17. The first-order valence-electron chi connectivity index (χ1n) is 5.64. The zero-order valence-corrected chi connectivity index (χ0v) is 10.7. The van der Waals surface area contributed by atoms with Crippen LogP contribution in [0.1, 0.15) is 18.4 Å². The van der Waals surface area contributed by atoms with Crippen LogP contribution in [0.25, 0.3) is 0 Å². The van der Waals surface area contributed by atoms with Gasteiger partial charge in [0.2, 0.25) is 0 Å². The molecule has 1 heterocycles. The molecule has 1 aromatic rings. The number of pyridine rings is 1. The van der Waals surface area contributed by atoms with Gasteiger partial charge in [-0.1, -0.05) is 11.6 Å². The fourth-order valence-electron chi connectivity index (χ4n) is 1.84. The van der Waals surface area contributed by atoms with E-state index in [0.29, 0.717) is 12.8 Å². The Labute approximate surface area is 116 Å². The molecule has 0 bridgehead atoms. The highest BCUT2D eigenvalue weighted by Gasteiger charge is 2.36. The van der Waals surface area contributed by atoms with E-state index in [1.807, 2.05) is 0 Å². The van der Waals surface area contributed by atoms with Crippen molar-refractivity contribution in [3.63, 3.8) is 0 Å². The second-order valence-corrected chi connectivity index (χ2v) is 4.72. The minimum Gasteiger partial charge on any atom is -0.489 e. The molecule has 9 heteroatoms. The lowest BCUT2D eigenvalue weighted by atomic mass is 9.89. The molecule has 0 aromatic carbocycles. The molecule has 20 heavy (non-hydrogen) atoms. The lowest BCUT2D eigenvalue weighted by Crippen LogP contribution is -2.48. The summed E-state index contributed by atoms with van der Waals surface area (Å²) in [5.41, 5.74) is -1.06. The van der Waals surface area contributed by atoms with E-state index in [9.17, 15) is 18.0 Å². The minimum absolute atomic E-state index is 0.0412. The molecular weight excluding hydrogens is 301 g/mol. The topological polar surface area (TPSA) is 71.5 Å². The molecule has 2 rings (SSSR count). The van der Waals surface area contributed by atoms with E-state index >= 15 is 0 Å². The van der Waals surface area contributed by atoms with E-state index in [0.717, 1.165) is 12.3 Å². The van der Waals surface area contributed by atoms with Gasteiger partial charge >= 0.3 is 12.3 Å². The third-order valence-corrected chi connectivity index (χ3v) is 3.15. The van der Waals surface area contributed by atoms with Gasteiger partial charge < -0.3 is 15.2 Å². The molecule has 1 aromatic heterocycles. The van der Waals surface area contributed by atoms with E-state index in [2.05, 4.69) is 10.3 Å². The van der Waals surface area contributed by atoms with Gasteiger partial charge in [-0.3, -0.25) is 0 Å². The van der Waals surface area contributed by atoms with Crippen molar-refractivity contribution >= 4 is 17.7 Å². The normalized spacial score (nSPS) is 22.0. The second kappa shape index (κ2) is 5.35. The molecule has 0 saturated heterocycles. The van der Waals surface area contributed by atoms with Gasteiger partial charge in [0.15, 0.2) is 0 Å². The number of alkyl halides is 3. The Morgan fingerprint density at radius 2 is 2.15 bits per heavy atom. The third-order valence-electron chi connectivity index (χ3n) is 2.84. The van der Waals surface area contributed by atoms with Gasteiger partial charge in [-0.05, 0) is 6.07 Å². The highest BCUT2D eigenvalue weighted by Crippen LogP contribution is 2.36. The number of aromatic nitrogens is 1. The monoisotopic (exact) mass is 310 g/mol. The van der Waals surface area contributed by atoms with Crippen LogP contribution in [0.2, 0.25) is 5.15 Å². The molecule has 0 atom stereocenters. The lowest BCUT2D eigenvalue weighted by Gasteiger charge is -2.35. The maximum Gasteiger partial charge on any atom is 0.419 e. The Kier molecular flexibility index (Phi) is 3.94. The van der Waals surface area contributed by atoms with Crippen molar-refractivity contribution in [3.8, 4) is 5.75 Å². The maximum absolute atomic E-state index is 12.6. The number of hydrogen-bond acceptors (Lipinski definition) is 3. The molecule has 0 spiro atoms. The van der Waals surface area contributed by atoms with Crippen molar-refractivity contribution in [3.05, 3.63) is 23.0 Å². The molecule has 1 aliphatic carbocycles. The Morgan fingerprint density at radius 3 is 2.70 bits per heavy atom. The molecule has 1 amide bonds. The smallest absolute Gasteiger partial charge is 0.419 e. The van der Waals surface area contributed by atoms with Crippen LogP contribution < -0.4 is 10.1 Å². The maximum atomic E-state index is 12.6. The van der Waals surface area contributed by atoms with Crippen LogP contribution in [0.5, 0.6) is 5.75 Å². The number of carboxylic acid groups (broad SMARTS) is 1. The largest absolute Gasteiger partial charge is 0.489 e. The zero-order valence-electron chi connectivity index (χ0n) is 9.95. The first-order valence-corrected chi connectivity index (χ1v) is 6.02. The Morgan fingerprint density at radius 1 is 1.50 bits per heavy atom. The molecule has 5 nitrogen and oxygen atoms in total. The number of halogens is 4. The predicted molar refractivity (Wildman–Crippen MR) is 62.8 cm³/mol. The van der Waals surface area contributed by atoms with E-state index < -0.39 is 23.0 Å². The van der Waals surface area contributed by atoms with Crippen LogP contribution in [0.3, 0.4) is 0 Å². The number of nitrogens with one attached hydrogen (secondary N) is 1. The van der Waals surface area contributed by atoms with Crippen LogP contribution in [0, 0.1) is 0 Å². The summed E-state index contributed by atoms with van der Waals surface area (Å²) in [7, 11) is 0. The molecule has 0 unspecified atom stereocenters. The minimum atomic E-state index is -4.60. The van der Waals surface area contributed by atoms with E-state index in [1.54, 1.807) is 0 Å². The van der Waals surface area contributed by atoms with Crippen LogP contribution in [-0.2, 0) is 6.18 Å². The van der Waals surface area contributed by atoms with Gasteiger partial charge in [-0.25, -0.2) is 9.78 Å². The fourth-order valence-corrected chi connectivity index (χ4v) is 2.05. The van der Waals surface area contributed by atoms with E-state index in [-0.39, 0.29) is 17.9 Å². The second-order valence-electron chi connectivity index (χ2n) is 4.36. The van der Waals surface area contributed by atoms with Crippen molar-refractivity contribution in [1.29, 1.82) is 0 Å². The van der Waals surface area contributed by atoms with Gasteiger partial charge in [0, 0.05) is 18.9 Å². The quantitative estimate of drug-likeness (QED) is 0.842. The summed E-state index contributed by atoms with van der Waals surface area (Å²) in [6.45, 7) is 0. The van der Waals surface area contributed by atoms with Gasteiger partial charge in [0.1, 0.15) is 17.0 Å². The molecule has 2 N–H and O–H groups in total. The van der Waals surface area contributed by atoms with Crippen molar-refractivity contribution in [2.75, 3.05) is 0 Å². The molecule has 0 radical (unpaired) electrons. The average molecular weight is 311 g/mol. The van der Waals surface area contributed by atoms with Crippen LogP contribution >= 0.6 is 11.6 Å². The third kappa shape index (κ3) is 3.44. The fraction of sp³-hybridized carbons (Fsp3) is 0.455. The highest BCUT2D eigenvalue weighted by molar-refractivity contribution is 6.30. The first-order chi connectivity index (χ1) is 9.25. The van der Waals surface area contributed by atoms with Crippen molar-refractivity contribution in [1.82, 2.24) is 10.3 Å². The highest BCUT2D eigenvalue weighted by atomic mass is 35.5. The Bertz CT molecular complexity index is 518. The number of amides is 1. The van der Waals surface area contributed by atoms with E-state index in [4.69, 9.17) is 21.4 Å². The average Bonchev–Trinajstić information content (AvgIpc) is 2.26. The summed E-state index contributed by atoms with van der Waals surface area (Å²) >= 11 is 5.38. The summed E-state index contributed by atoms with van der Waals surface area (Å²) < 4.78 is 43.1. The Hall–Kier alpha value is -1.70. The number of carbonyl (C=O) groups is 1. The molecule has 1 saturated carbocycles. The number of rotatable bonds is 3. The SMILES string of the molecule is O=C(O)NC1CC(Oc2cnc(Cl)c(C(F)(F)F)c2)C1. The standard InChI is InChI=1S/C11H10ClF3N2O3/c12-9-8(11(13,14)15)3-7(4-16-9)20-6-1-5(2-6)17-10(18)19/h3-6,17H,1-2H2,(H,18,19). The molecule has 1 fully saturated rings. The summed E-state index contributed by atoms with van der Waals surface area (Å²) in [4.78, 5) is 13.8. The number of hydrogen-bond donors (Lipinski definition) is 2. The van der Waals surface area contributed by atoms with Crippen LogP contribution in [0.15, 0.2) is 12.3 Å². The first kappa shape index (κ1) is 14.7.